The van der Waals surface area contributed by atoms with Crippen LogP contribution in [0.2, 0.25) is 0 Å². The van der Waals surface area contributed by atoms with E-state index in [2.05, 4.69) is 20.0 Å². The number of hydrogen-bond acceptors (Lipinski definition) is 8. The highest BCUT2D eigenvalue weighted by Crippen LogP contribution is 2.26. The lowest BCUT2D eigenvalue weighted by Gasteiger charge is -2.35. The van der Waals surface area contributed by atoms with Crippen LogP contribution in [0.5, 0.6) is 5.75 Å². The average molecular weight is 486 g/mol. The molecule has 1 aliphatic rings. The summed E-state index contributed by atoms with van der Waals surface area (Å²) in [4.78, 5) is 22.2. The minimum absolute atomic E-state index is 0.00458. The number of β-amino-alcohol motifs (C(OH)–C–C–N with tert-alkyl or cyclic N) is 1. The van der Waals surface area contributed by atoms with Crippen molar-refractivity contribution in [3.63, 3.8) is 0 Å². The number of likely N-dealkylation sites (tertiary alicyclic amines) is 1. The summed E-state index contributed by atoms with van der Waals surface area (Å²) in [6.07, 6.45) is -3.70. The normalized spacial score (nSPS) is 19.0. The van der Waals surface area contributed by atoms with Gasteiger partial charge in [0.1, 0.15) is 12.1 Å². The third-order valence-corrected chi connectivity index (χ3v) is 5.43. The van der Waals surface area contributed by atoms with Crippen LogP contribution in [0.1, 0.15) is 12.0 Å². The van der Waals surface area contributed by atoms with Crippen molar-refractivity contribution >= 4 is 17.5 Å². The van der Waals surface area contributed by atoms with E-state index in [1.807, 2.05) is 0 Å². The van der Waals surface area contributed by atoms with Crippen LogP contribution in [0.25, 0.3) is 0 Å². The van der Waals surface area contributed by atoms with Gasteiger partial charge in [-0.15, -0.1) is 13.2 Å². The molecule has 0 aliphatic carbocycles. The van der Waals surface area contributed by atoms with E-state index in [0.29, 0.717) is 25.1 Å². The third-order valence-electron chi connectivity index (χ3n) is 5.43. The fourth-order valence-corrected chi connectivity index (χ4v) is 3.77. The van der Waals surface area contributed by atoms with Crippen LogP contribution in [-0.2, 0) is 11.3 Å². The van der Waals surface area contributed by atoms with E-state index in [0.717, 1.165) is 0 Å². The molecule has 2 aromatic rings. The van der Waals surface area contributed by atoms with Crippen LogP contribution in [0.15, 0.2) is 30.6 Å². The Morgan fingerprint density at radius 3 is 2.65 bits per heavy atom. The molecule has 0 saturated carbocycles. The van der Waals surface area contributed by atoms with E-state index >= 15 is 4.39 Å². The van der Waals surface area contributed by atoms with E-state index < -0.39 is 24.2 Å². The number of halogens is 4. The van der Waals surface area contributed by atoms with Gasteiger partial charge < -0.3 is 25.8 Å². The Kier molecular flexibility index (Phi) is 8.10. The first-order valence-corrected chi connectivity index (χ1v) is 10.5. The highest BCUT2D eigenvalue weighted by molar-refractivity contribution is 5.75. The summed E-state index contributed by atoms with van der Waals surface area (Å²) in [6.45, 7) is 1.40. The molecule has 9 nitrogen and oxygen atoms in total. The number of piperidine rings is 1. The number of primary amides is 1. The number of amides is 1. The molecule has 0 unspecified atom stereocenters. The first-order valence-electron chi connectivity index (χ1n) is 10.5. The van der Waals surface area contributed by atoms with Crippen LogP contribution in [-0.4, -0.2) is 71.6 Å². The van der Waals surface area contributed by atoms with E-state index in [-0.39, 0.29) is 42.9 Å². The van der Waals surface area contributed by atoms with Crippen LogP contribution in [0.4, 0.5) is 29.2 Å². The van der Waals surface area contributed by atoms with E-state index in [9.17, 15) is 23.1 Å². The molecule has 186 valence electrons. The van der Waals surface area contributed by atoms with E-state index in [1.54, 1.807) is 11.9 Å². The topological polar surface area (TPSA) is 117 Å². The van der Waals surface area contributed by atoms with Crippen molar-refractivity contribution in [3.8, 4) is 5.75 Å². The van der Waals surface area contributed by atoms with Gasteiger partial charge in [0.05, 0.1) is 12.6 Å². The number of benzene rings is 1. The number of nitrogens with zero attached hydrogens (tertiary/aromatic N) is 4. The number of ether oxygens (including phenoxy) is 1. The Hall–Kier alpha value is -3.19. The second-order valence-electron chi connectivity index (χ2n) is 8.11. The maximum absolute atomic E-state index is 15.0. The lowest BCUT2D eigenvalue weighted by Crippen LogP contribution is -2.48. The predicted molar refractivity (Wildman–Crippen MR) is 115 cm³/mol. The van der Waals surface area contributed by atoms with Crippen molar-refractivity contribution in [1.82, 2.24) is 14.9 Å². The summed E-state index contributed by atoms with van der Waals surface area (Å²) in [5.41, 5.74) is 5.81. The second-order valence-corrected chi connectivity index (χ2v) is 8.11. The van der Waals surface area contributed by atoms with Gasteiger partial charge in [-0.05, 0) is 30.7 Å². The molecular weight excluding hydrogens is 460 g/mol. The molecule has 13 heteroatoms. The van der Waals surface area contributed by atoms with Gasteiger partial charge in [-0.3, -0.25) is 9.69 Å². The first kappa shape index (κ1) is 25.4. The number of nitrogens with one attached hydrogen (secondary N) is 1. The van der Waals surface area contributed by atoms with Gasteiger partial charge in [0.2, 0.25) is 11.7 Å². The van der Waals surface area contributed by atoms with Crippen molar-refractivity contribution in [3.05, 3.63) is 42.0 Å². The molecule has 3 rings (SSSR count). The monoisotopic (exact) mass is 486 g/mol. The van der Waals surface area contributed by atoms with Gasteiger partial charge in [0, 0.05) is 32.6 Å². The number of rotatable bonds is 9. The van der Waals surface area contributed by atoms with Gasteiger partial charge in [-0.1, -0.05) is 12.1 Å². The molecule has 4 N–H and O–H groups in total. The number of carbonyl (C=O) groups is 1. The number of carbonyl (C=O) groups excluding carboxylic acids is 1. The summed E-state index contributed by atoms with van der Waals surface area (Å²) in [7, 11) is 1.59. The molecule has 1 amide bonds. The Balaban J connectivity index is 1.58. The van der Waals surface area contributed by atoms with Crippen molar-refractivity contribution < 1.29 is 32.2 Å². The Labute approximate surface area is 193 Å². The lowest BCUT2D eigenvalue weighted by molar-refractivity contribution is -0.274. The second kappa shape index (κ2) is 10.8. The zero-order chi connectivity index (χ0) is 24.9. The largest absolute Gasteiger partial charge is 0.573 e. The Bertz CT molecular complexity index is 976. The van der Waals surface area contributed by atoms with Crippen LogP contribution in [0.3, 0.4) is 0 Å². The molecule has 0 spiro atoms. The molecule has 0 radical (unpaired) electrons. The van der Waals surface area contributed by atoms with Gasteiger partial charge in [0.25, 0.3) is 0 Å². The summed E-state index contributed by atoms with van der Waals surface area (Å²) in [6, 6.07) is 5.25. The fraction of sp³-hybridized carbons (Fsp3) is 0.476. The number of aliphatic hydroxyl groups is 1. The van der Waals surface area contributed by atoms with Crippen molar-refractivity contribution in [2.24, 2.45) is 11.7 Å². The molecule has 2 heterocycles. The molecule has 1 fully saturated rings. The Morgan fingerprint density at radius 1 is 1.32 bits per heavy atom. The maximum atomic E-state index is 15.0. The quantitative estimate of drug-likeness (QED) is 0.459. The lowest BCUT2D eigenvalue weighted by atomic mass is 9.94. The standard InChI is InChI=1S/C21H26F4N6O3/c1-30(9-13-2-4-15(5-3-13)34-21(23,24)25)20-18(22)19(28-12-29-20)27-8-14-6-7-31(10-16(14)32)11-17(26)33/h2-5,12,14,16,32H,6-11H2,1H3,(H2,26,33)(H,27,28,29)/t14-,16+/m0/s1. The van der Waals surface area contributed by atoms with Gasteiger partial charge in [-0.25, -0.2) is 9.97 Å². The van der Waals surface area contributed by atoms with E-state index in [1.165, 1.54) is 35.5 Å². The minimum atomic E-state index is -4.78. The summed E-state index contributed by atoms with van der Waals surface area (Å²) in [5.74, 6) is -1.70. The number of aromatic nitrogens is 2. The average Bonchev–Trinajstić information content (AvgIpc) is 2.74. The van der Waals surface area contributed by atoms with Crippen LogP contribution >= 0.6 is 0 Å². The molecule has 0 bridgehead atoms. The summed E-state index contributed by atoms with van der Waals surface area (Å²) >= 11 is 0. The van der Waals surface area contributed by atoms with Crippen molar-refractivity contribution in [1.29, 1.82) is 0 Å². The summed E-state index contributed by atoms with van der Waals surface area (Å²) in [5, 5.41) is 13.3. The molecular formula is C21H26F4N6O3. The number of alkyl halides is 3. The molecule has 1 aliphatic heterocycles. The fourth-order valence-electron chi connectivity index (χ4n) is 3.77. The zero-order valence-electron chi connectivity index (χ0n) is 18.4. The molecule has 1 aromatic heterocycles. The van der Waals surface area contributed by atoms with E-state index in [4.69, 9.17) is 5.73 Å². The smallest absolute Gasteiger partial charge is 0.406 e. The molecule has 1 saturated heterocycles. The number of nitrogens with two attached hydrogens (primary N) is 1. The first-order chi connectivity index (χ1) is 16.0. The van der Waals surface area contributed by atoms with Crippen molar-refractivity contribution in [2.75, 3.05) is 43.4 Å². The highest BCUT2D eigenvalue weighted by Gasteiger charge is 2.31. The SMILES string of the molecule is CN(Cc1ccc(OC(F)(F)F)cc1)c1ncnc(NC[C@@H]2CCN(CC(N)=O)C[C@H]2O)c1F. The molecule has 34 heavy (non-hydrogen) atoms. The minimum Gasteiger partial charge on any atom is -0.406 e. The number of hydrogen-bond donors (Lipinski definition) is 3. The van der Waals surface area contributed by atoms with Gasteiger partial charge in [-0.2, -0.15) is 4.39 Å². The maximum Gasteiger partial charge on any atom is 0.573 e. The zero-order valence-corrected chi connectivity index (χ0v) is 18.4. The van der Waals surface area contributed by atoms with Crippen LogP contribution < -0.4 is 20.7 Å². The van der Waals surface area contributed by atoms with Gasteiger partial charge in [0.15, 0.2) is 11.6 Å². The van der Waals surface area contributed by atoms with Crippen molar-refractivity contribution in [2.45, 2.75) is 25.4 Å². The Morgan fingerprint density at radius 2 is 2.03 bits per heavy atom. The third kappa shape index (κ3) is 7.15. The van der Waals surface area contributed by atoms with Gasteiger partial charge >= 0.3 is 6.36 Å². The number of anilines is 2. The predicted octanol–water partition coefficient (Wildman–Crippen LogP) is 1.73. The highest BCUT2D eigenvalue weighted by atomic mass is 19.4. The molecule has 2 atom stereocenters. The molecule has 1 aromatic carbocycles. The number of aliphatic hydroxyl groups excluding tert-OH is 1. The van der Waals surface area contributed by atoms with Crippen LogP contribution in [0, 0.1) is 11.7 Å². The summed E-state index contributed by atoms with van der Waals surface area (Å²) < 4.78 is 55.8.